The maximum atomic E-state index is 12.7. The van der Waals surface area contributed by atoms with Crippen molar-refractivity contribution in [2.45, 2.75) is 38.1 Å². The number of nitrogens with zero attached hydrogens (tertiary/aromatic N) is 1. The first-order valence-electron chi connectivity index (χ1n) is 7.12. The lowest BCUT2D eigenvalue weighted by Gasteiger charge is -2.30. The molecule has 2 amide bonds. The van der Waals surface area contributed by atoms with E-state index >= 15 is 0 Å². The summed E-state index contributed by atoms with van der Waals surface area (Å²) in [5.41, 5.74) is 0.854. The summed E-state index contributed by atoms with van der Waals surface area (Å²) in [5.74, 6) is -0.261. The van der Waals surface area contributed by atoms with Crippen molar-refractivity contribution in [1.82, 2.24) is 10.2 Å². The van der Waals surface area contributed by atoms with Gasteiger partial charge in [0.05, 0.1) is 0 Å². The average molecular weight is 276 g/mol. The molecule has 0 atom stereocenters. The normalized spacial score (nSPS) is 16.3. The predicted octanol–water partition coefficient (Wildman–Crippen LogP) is 3.77. The number of carbonyl (C=O) groups is 1. The molecule has 3 nitrogen and oxygen atoms in total. The molecule has 0 unspecified atom stereocenters. The molecular formula is C16H21FN2O. The topological polar surface area (TPSA) is 32.3 Å². The summed E-state index contributed by atoms with van der Waals surface area (Å²) in [7, 11) is 1.84. The van der Waals surface area contributed by atoms with Crippen LogP contribution in [0.25, 0.3) is 6.08 Å². The lowest BCUT2D eigenvalue weighted by atomic mass is 9.95. The highest BCUT2D eigenvalue weighted by atomic mass is 19.1. The van der Waals surface area contributed by atoms with Crippen LogP contribution in [-0.4, -0.2) is 24.0 Å². The van der Waals surface area contributed by atoms with Crippen LogP contribution in [0.2, 0.25) is 0 Å². The number of rotatable bonds is 3. The maximum Gasteiger partial charge on any atom is 0.321 e. The number of nitrogens with one attached hydrogen (secondary N) is 1. The lowest BCUT2D eigenvalue weighted by molar-refractivity contribution is 0.177. The van der Waals surface area contributed by atoms with Gasteiger partial charge in [-0.25, -0.2) is 9.18 Å². The van der Waals surface area contributed by atoms with Crippen LogP contribution in [0.15, 0.2) is 30.5 Å². The van der Waals surface area contributed by atoms with Crippen LogP contribution in [0.3, 0.4) is 0 Å². The minimum Gasteiger partial charge on any atom is -0.325 e. The fraction of sp³-hybridized carbons (Fsp3) is 0.438. The second kappa shape index (κ2) is 7.08. The zero-order valence-corrected chi connectivity index (χ0v) is 11.8. The van der Waals surface area contributed by atoms with Crippen LogP contribution < -0.4 is 5.32 Å². The van der Waals surface area contributed by atoms with Crippen LogP contribution in [0, 0.1) is 5.82 Å². The van der Waals surface area contributed by atoms with Gasteiger partial charge in [-0.3, -0.25) is 0 Å². The van der Waals surface area contributed by atoms with Crippen molar-refractivity contribution in [2.75, 3.05) is 7.05 Å². The van der Waals surface area contributed by atoms with E-state index in [1.54, 1.807) is 29.3 Å². The van der Waals surface area contributed by atoms with E-state index in [1.807, 2.05) is 7.05 Å². The van der Waals surface area contributed by atoms with Crippen LogP contribution in [0.4, 0.5) is 9.18 Å². The Morgan fingerprint density at radius 3 is 2.55 bits per heavy atom. The zero-order chi connectivity index (χ0) is 14.4. The summed E-state index contributed by atoms with van der Waals surface area (Å²) < 4.78 is 12.7. The molecule has 1 aromatic carbocycles. The van der Waals surface area contributed by atoms with Crippen molar-refractivity contribution in [2.24, 2.45) is 0 Å². The highest BCUT2D eigenvalue weighted by Gasteiger charge is 2.21. The van der Waals surface area contributed by atoms with Crippen molar-refractivity contribution in [3.63, 3.8) is 0 Å². The van der Waals surface area contributed by atoms with E-state index in [-0.39, 0.29) is 11.8 Å². The molecular weight excluding hydrogens is 255 g/mol. The van der Waals surface area contributed by atoms with Gasteiger partial charge in [-0.1, -0.05) is 31.4 Å². The molecule has 2 rings (SSSR count). The van der Waals surface area contributed by atoms with Gasteiger partial charge in [0, 0.05) is 19.3 Å². The van der Waals surface area contributed by atoms with E-state index in [0.717, 1.165) is 18.4 Å². The fourth-order valence-electron chi connectivity index (χ4n) is 2.52. The van der Waals surface area contributed by atoms with Gasteiger partial charge < -0.3 is 10.2 Å². The smallest absolute Gasteiger partial charge is 0.321 e. The molecule has 1 aliphatic rings. The molecule has 1 saturated carbocycles. The van der Waals surface area contributed by atoms with Gasteiger partial charge in [-0.15, -0.1) is 0 Å². The SMILES string of the molecule is CN(C(=O)N/C=C/c1ccc(F)cc1)C1CCCCC1. The molecule has 4 heteroatoms. The highest BCUT2D eigenvalue weighted by molar-refractivity contribution is 5.76. The minimum atomic E-state index is -0.261. The molecule has 108 valence electrons. The first kappa shape index (κ1) is 14.6. The van der Waals surface area contributed by atoms with Gasteiger partial charge in [0.25, 0.3) is 0 Å². The van der Waals surface area contributed by atoms with E-state index in [4.69, 9.17) is 0 Å². The first-order valence-corrected chi connectivity index (χ1v) is 7.12. The molecule has 0 spiro atoms. The molecule has 0 heterocycles. The summed E-state index contributed by atoms with van der Waals surface area (Å²) in [4.78, 5) is 13.8. The summed E-state index contributed by atoms with van der Waals surface area (Å²) >= 11 is 0. The third-order valence-corrected chi connectivity index (χ3v) is 3.80. The Kier molecular flexibility index (Phi) is 5.16. The number of amides is 2. The molecule has 1 fully saturated rings. The Labute approximate surface area is 119 Å². The van der Waals surface area contributed by atoms with Crippen LogP contribution in [0.1, 0.15) is 37.7 Å². The number of carbonyl (C=O) groups excluding carboxylic acids is 1. The lowest BCUT2D eigenvalue weighted by Crippen LogP contribution is -2.42. The van der Waals surface area contributed by atoms with Gasteiger partial charge in [0.1, 0.15) is 5.82 Å². The molecule has 0 aliphatic heterocycles. The van der Waals surface area contributed by atoms with Crippen LogP contribution in [-0.2, 0) is 0 Å². The number of benzene rings is 1. The molecule has 1 N–H and O–H groups in total. The van der Waals surface area contributed by atoms with Crippen LogP contribution in [0.5, 0.6) is 0 Å². The monoisotopic (exact) mass is 276 g/mol. The average Bonchev–Trinajstić information content (AvgIpc) is 2.49. The van der Waals surface area contributed by atoms with E-state index in [9.17, 15) is 9.18 Å². The predicted molar refractivity (Wildman–Crippen MR) is 78.6 cm³/mol. The molecule has 1 aromatic rings. The quantitative estimate of drug-likeness (QED) is 0.895. The third kappa shape index (κ3) is 4.08. The Hall–Kier alpha value is -1.84. The second-order valence-electron chi connectivity index (χ2n) is 5.24. The number of urea groups is 1. The molecule has 20 heavy (non-hydrogen) atoms. The summed E-state index contributed by atoms with van der Waals surface area (Å²) in [5, 5.41) is 2.76. The standard InChI is InChI=1S/C16H21FN2O/c1-19(15-5-3-2-4-6-15)16(20)18-12-11-13-7-9-14(17)10-8-13/h7-12,15H,2-6H2,1H3,(H,18,20)/b12-11+. The summed E-state index contributed by atoms with van der Waals surface area (Å²) in [6.07, 6.45) is 9.22. The van der Waals surface area contributed by atoms with Crippen molar-refractivity contribution in [3.05, 3.63) is 41.8 Å². The van der Waals surface area contributed by atoms with E-state index in [1.165, 1.54) is 31.4 Å². The van der Waals surface area contributed by atoms with Crippen molar-refractivity contribution in [3.8, 4) is 0 Å². The zero-order valence-electron chi connectivity index (χ0n) is 11.8. The molecule has 0 aromatic heterocycles. The minimum absolute atomic E-state index is 0.0877. The Bertz CT molecular complexity index is 464. The molecule has 0 radical (unpaired) electrons. The van der Waals surface area contributed by atoms with Crippen molar-refractivity contribution < 1.29 is 9.18 Å². The van der Waals surface area contributed by atoms with Gasteiger partial charge in [-0.05, 0) is 36.6 Å². The maximum absolute atomic E-state index is 12.7. The van der Waals surface area contributed by atoms with E-state index < -0.39 is 0 Å². The van der Waals surface area contributed by atoms with Gasteiger partial charge >= 0.3 is 6.03 Å². The highest BCUT2D eigenvalue weighted by Crippen LogP contribution is 2.21. The fourth-order valence-corrected chi connectivity index (χ4v) is 2.52. The summed E-state index contributed by atoms with van der Waals surface area (Å²) in [6, 6.07) is 6.40. The van der Waals surface area contributed by atoms with Crippen molar-refractivity contribution >= 4 is 12.1 Å². The molecule has 1 aliphatic carbocycles. The summed E-state index contributed by atoms with van der Waals surface area (Å²) in [6.45, 7) is 0. The van der Waals surface area contributed by atoms with Crippen molar-refractivity contribution in [1.29, 1.82) is 0 Å². The Morgan fingerprint density at radius 1 is 1.25 bits per heavy atom. The Balaban J connectivity index is 1.83. The van der Waals surface area contributed by atoms with E-state index in [2.05, 4.69) is 5.32 Å². The van der Waals surface area contributed by atoms with E-state index in [0.29, 0.717) is 6.04 Å². The third-order valence-electron chi connectivity index (χ3n) is 3.80. The number of hydrogen-bond donors (Lipinski definition) is 1. The first-order chi connectivity index (χ1) is 9.66. The van der Waals surface area contributed by atoms with Gasteiger partial charge in [0.15, 0.2) is 0 Å². The largest absolute Gasteiger partial charge is 0.325 e. The van der Waals surface area contributed by atoms with Gasteiger partial charge in [0.2, 0.25) is 0 Å². The number of halogens is 1. The second-order valence-corrected chi connectivity index (χ2v) is 5.24. The molecule has 0 bridgehead atoms. The van der Waals surface area contributed by atoms with Crippen LogP contribution >= 0.6 is 0 Å². The van der Waals surface area contributed by atoms with Gasteiger partial charge in [-0.2, -0.15) is 0 Å². The Morgan fingerprint density at radius 2 is 1.90 bits per heavy atom. The molecule has 0 saturated heterocycles. The number of hydrogen-bond acceptors (Lipinski definition) is 1.